The van der Waals surface area contributed by atoms with Crippen LogP contribution < -0.4 is 9.62 Å². The summed E-state index contributed by atoms with van der Waals surface area (Å²) in [6.45, 7) is 3.30. The summed E-state index contributed by atoms with van der Waals surface area (Å²) in [6.07, 6.45) is 0. The molecule has 0 bridgehead atoms. The van der Waals surface area contributed by atoms with E-state index >= 15 is 0 Å². The highest BCUT2D eigenvalue weighted by Crippen LogP contribution is 2.27. The van der Waals surface area contributed by atoms with Gasteiger partial charge in [-0.15, -0.1) is 0 Å². The second kappa shape index (κ2) is 11.0. The zero-order valence-corrected chi connectivity index (χ0v) is 21.9. The second-order valence-corrected chi connectivity index (χ2v) is 10.8. The SMILES string of the molecule is Cc1ccc(N(CC(=O)Nc2ccc(Cl)cc2C(=O)c2ccccc2)S(=O)(=O)c2ccccc2)cc1C. The molecule has 0 unspecified atom stereocenters. The second-order valence-electron chi connectivity index (χ2n) is 8.53. The van der Waals surface area contributed by atoms with Crippen molar-refractivity contribution in [1.82, 2.24) is 0 Å². The number of ketones is 1. The zero-order chi connectivity index (χ0) is 26.6. The summed E-state index contributed by atoms with van der Waals surface area (Å²) in [5.74, 6) is -0.927. The Bertz CT molecular complexity index is 1560. The highest BCUT2D eigenvalue weighted by molar-refractivity contribution is 7.92. The predicted molar refractivity (Wildman–Crippen MR) is 147 cm³/mol. The standard InChI is InChI=1S/C29H25ClN2O4S/c1-20-13-15-24(17-21(20)2)32(37(35,36)25-11-7-4-8-12-25)19-28(33)31-27-16-14-23(30)18-26(27)29(34)22-9-5-3-6-10-22/h3-18H,19H2,1-2H3,(H,31,33). The van der Waals surface area contributed by atoms with E-state index in [1.54, 1.807) is 66.7 Å². The smallest absolute Gasteiger partial charge is 0.264 e. The summed E-state index contributed by atoms with van der Waals surface area (Å²) in [5.41, 5.74) is 3.12. The van der Waals surface area contributed by atoms with Gasteiger partial charge in [0.15, 0.2) is 5.78 Å². The summed E-state index contributed by atoms with van der Waals surface area (Å²) in [4.78, 5) is 26.5. The molecule has 188 valence electrons. The van der Waals surface area contributed by atoms with Crippen LogP contribution in [0.5, 0.6) is 0 Å². The minimum atomic E-state index is -4.06. The number of halogens is 1. The van der Waals surface area contributed by atoms with E-state index < -0.39 is 22.5 Å². The number of amides is 1. The number of sulfonamides is 1. The van der Waals surface area contributed by atoms with Crippen molar-refractivity contribution in [3.8, 4) is 0 Å². The Morgan fingerprint density at radius 1 is 0.811 bits per heavy atom. The third kappa shape index (κ3) is 5.90. The molecule has 6 nitrogen and oxygen atoms in total. The first-order valence-electron chi connectivity index (χ1n) is 11.5. The largest absolute Gasteiger partial charge is 0.324 e. The monoisotopic (exact) mass is 532 g/mol. The molecule has 0 saturated carbocycles. The van der Waals surface area contributed by atoms with E-state index in [0.717, 1.165) is 15.4 Å². The summed E-state index contributed by atoms with van der Waals surface area (Å²) in [5, 5.41) is 3.05. The van der Waals surface area contributed by atoms with Crippen LogP contribution in [0.15, 0.2) is 102 Å². The number of carbonyl (C=O) groups excluding carboxylic acids is 2. The molecular formula is C29H25ClN2O4S. The molecule has 0 fully saturated rings. The van der Waals surface area contributed by atoms with Crippen molar-refractivity contribution in [3.05, 3.63) is 124 Å². The first-order chi connectivity index (χ1) is 17.7. The molecule has 0 heterocycles. The molecule has 0 aliphatic carbocycles. The fourth-order valence-electron chi connectivity index (χ4n) is 3.79. The minimum absolute atomic E-state index is 0.0625. The van der Waals surface area contributed by atoms with Crippen LogP contribution in [-0.2, 0) is 14.8 Å². The van der Waals surface area contributed by atoms with Gasteiger partial charge in [0.1, 0.15) is 6.54 Å². The van der Waals surface area contributed by atoms with Crippen molar-refractivity contribution in [2.45, 2.75) is 18.7 Å². The highest BCUT2D eigenvalue weighted by atomic mass is 35.5. The van der Waals surface area contributed by atoms with Crippen molar-refractivity contribution in [2.75, 3.05) is 16.2 Å². The van der Waals surface area contributed by atoms with Gasteiger partial charge in [-0.25, -0.2) is 8.42 Å². The van der Waals surface area contributed by atoms with Gasteiger partial charge in [-0.3, -0.25) is 13.9 Å². The van der Waals surface area contributed by atoms with E-state index in [1.807, 2.05) is 19.9 Å². The third-order valence-electron chi connectivity index (χ3n) is 5.93. The van der Waals surface area contributed by atoms with E-state index in [9.17, 15) is 18.0 Å². The molecule has 0 aromatic heterocycles. The molecule has 1 N–H and O–H groups in total. The van der Waals surface area contributed by atoms with Crippen LogP contribution in [-0.4, -0.2) is 26.7 Å². The van der Waals surface area contributed by atoms with Crippen LogP contribution in [0.25, 0.3) is 0 Å². The average Bonchev–Trinajstić information content (AvgIpc) is 2.90. The van der Waals surface area contributed by atoms with Gasteiger partial charge in [-0.05, 0) is 67.4 Å². The van der Waals surface area contributed by atoms with Gasteiger partial charge in [0.25, 0.3) is 10.0 Å². The van der Waals surface area contributed by atoms with E-state index in [-0.39, 0.29) is 21.9 Å². The topological polar surface area (TPSA) is 83.6 Å². The van der Waals surface area contributed by atoms with Crippen molar-refractivity contribution in [3.63, 3.8) is 0 Å². The molecule has 0 aliphatic heterocycles. The predicted octanol–water partition coefficient (Wildman–Crippen LogP) is 6.02. The van der Waals surface area contributed by atoms with Crippen LogP contribution in [0, 0.1) is 13.8 Å². The number of anilines is 2. The van der Waals surface area contributed by atoms with Crippen molar-refractivity contribution in [2.24, 2.45) is 0 Å². The summed E-state index contributed by atoms with van der Waals surface area (Å²) in [6, 6.07) is 26.3. The molecule has 0 saturated heterocycles. The number of carbonyl (C=O) groups is 2. The molecular weight excluding hydrogens is 508 g/mol. The number of nitrogens with one attached hydrogen (secondary N) is 1. The van der Waals surface area contributed by atoms with Gasteiger partial charge in [0.2, 0.25) is 5.91 Å². The Morgan fingerprint density at radius 3 is 2.11 bits per heavy atom. The Hall–Kier alpha value is -3.94. The van der Waals surface area contributed by atoms with Crippen molar-refractivity contribution in [1.29, 1.82) is 0 Å². The lowest BCUT2D eigenvalue weighted by molar-refractivity contribution is -0.114. The maximum atomic E-state index is 13.6. The quantitative estimate of drug-likeness (QED) is 0.281. The summed E-state index contributed by atoms with van der Waals surface area (Å²) >= 11 is 6.15. The number of benzene rings is 4. The molecule has 0 aliphatic rings. The lowest BCUT2D eigenvalue weighted by atomic mass is 10.0. The van der Waals surface area contributed by atoms with Gasteiger partial charge in [0.05, 0.1) is 16.3 Å². The lowest BCUT2D eigenvalue weighted by Crippen LogP contribution is -2.38. The van der Waals surface area contributed by atoms with E-state index in [4.69, 9.17) is 11.6 Å². The number of nitrogens with zero attached hydrogens (tertiary/aromatic N) is 1. The Labute approximate surface area is 221 Å². The molecule has 1 amide bonds. The van der Waals surface area contributed by atoms with Crippen molar-refractivity contribution < 1.29 is 18.0 Å². The molecule has 0 radical (unpaired) electrons. The van der Waals surface area contributed by atoms with Crippen LogP contribution >= 0.6 is 11.6 Å². The molecule has 0 atom stereocenters. The van der Waals surface area contributed by atoms with Crippen LogP contribution in [0.2, 0.25) is 5.02 Å². The van der Waals surface area contributed by atoms with Crippen LogP contribution in [0.1, 0.15) is 27.0 Å². The summed E-state index contributed by atoms with van der Waals surface area (Å²) in [7, 11) is -4.06. The van der Waals surface area contributed by atoms with Gasteiger partial charge < -0.3 is 5.32 Å². The minimum Gasteiger partial charge on any atom is -0.324 e. The van der Waals surface area contributed by atoms with Gasteiger partial charge in [-0.2, -0.15) is 0 Å². The maximum Gasteiger partial charge on any atom is 0.264 e. The number of hydrogen-bond acceptors (Lipinski definition) is 4. The van der Waals surface area contributed by atoms with Gasteiger partial charge in [-0.1, -0.05) is 66.2 Å². The fourth-order valence-corrected chi connectivity index (χ4v) is 5.40. The molecule has 4 aromatic rings. The van der Waals surface area contributed by atoms with Gasteiger partial charge >= 0.3 is 0 Å². The highest BCUT2D eigenvalue weighted by Gasteiger charge is 2.28. The Balaban J connectivity index is 1.68. The normalized spacial score (nSPS) is 11.1. The number of rotatable bonds is 8. The number of aryl methyl sites for hydroxylation is 2. The molecule has 37 heavy (non-hydrogen) atoms. The Kier molecular flexibility index (Phi) is 7.76. The Morgan fingerprint density at radius 2 is 1.46 bits per heavy atom. The van der Waals surface area contributed by atoms with E-state index in [2.05, 4.69) is 5.32 Å². The molecule has 0 spiro atoms. The lowest BCUT2D eigenvalue weighted by Gasteiger charge is -2.25. The fraction of sp³-hybridized carbons (Fsp3) is 0.103. The van der Waals surface area contributed by atoms with E-state index in [1.165, 1.54) is 24.3 Å². The first kappa shape index (κ1) is 26.1. The number of hydrogen-bond donors (Lipinski definition) is 1. The molecule has 4 aromatic carbocycles. The molecule has 4 rings (SSSR count). The summed E-state index contributed by atoms with van der Waals surface area (Å²) < 4.78 is 28.3. The third-order valence-corrected chi connectivity index (χ3v) is 7.96. The van der Waals surface area contributed by atoms with Crippen LogP contribution in [0.4, 0.5) is 11.4 Å². The van der Waals surface area contributed by atoms with Crippen molar-refractivity contribution >= 4 is 44.7 Å². The zero-order valence-electron chi connectivity index (χ0n) is 20.3. The van der Waals surface area contributed by atoms with Gasteiger partial charge in [0, 0.05) is 16.1 Å². The maximum absolute atomic E-state index is 13.6. The molecule has 8 heteroatoms. The first-order valence-corrected chi connectivity index (χ1v) is 13.3. The average molecular weight is 533 g/mol. The van der Waals surface area contributed by atoms with Crippen LogP contribution in [0.3, 0.4) is 0 Å². The van der Waals surface area contributed by atoms with E-state index in [0.29, 0.717) is 16.3 Å².